The number of amides is 1. The summed E-state index contributed by atoms with van der Waals surface area (Å²) in [6, 6.07) is 8.47. The lowest BCUT2D eigenvalue weighted by Crippen LogP contribution is -2.50. The summed E-state index contributed by atoms with van der Waals surface area (Å²) in [5, 5.41) is 3.50. The second-order valence-electron chi connectivity index (χ2n) is 7.12. The lowest BCUT2D eigenvalue weighted by Gasteiger charge is -2.32. The van der Waals surface area contributed by atoms with E-state index in [1.807, 2.05) is 21.1 Å². The molecule has 1 N–H and O–H groups in total. The Morgan fingerprint density at radius 2 is 2.00 bits per heavy atom. The Morgan fingerprint density at radius 3 is 2.67 bits per heavy atom. The molecule has 0 unspecified atom stereocenters. The minimum absolute atomic E-state index is 0.241. The van der Waals surface area contributed by atoms with Gasteiger partial charge in [0.1, 0.15) is 0 Å². The smallest absolute Gasteiger partial charge is 0.230 e. The Balaban J connectivity index is 1.74. The first-order valence-corrected chi connectivity index (χ1v) is 8.85. The summed E-state index contributed by atoms with van der Waals surface area (Å²) in [6.45, 7) is 1.60. The number of aliphatic imine (C=N–C) groups is 1. The quantitative estimate of drug-likeness (QED) is 0.684. The van der Waals surface area contributed by atoms with E-state index in [4.69, 9.17) is 0 Å². The maximum Gasteiger partial charge on any atom is 0.230 e. The first-order valence-electron chi connectivity index (χ1n) is 8.85. The van der Waals surface area contributed by atoms with Crippen LogP contribution in [0.3, 0.4) is 0 Å². The van der Waals surface area contributed by atoms with E-state index in [2.05, 4.69) is 39.5 Å². The molecule has 1 heterocycles. The maximum atomic E-state index is 12.7. The molecule has 0 atom stereocenters. The van der Waals surface area contributed by atoms with Crippen LogP contribution in [0.2, 0.25) is 0 Å². The topological polar surface area (TPSA) is 47.9 Å². The molecule has 1 aliphatic carbocycles. The van der Waals surface area contributed by atoms with E-state index < -0.39 is 0 Å². The first-order chi connectivity index (χ1) is 11.6. The Bertz CT molecular complexity index is 632. The summed E-state index contributed by atoms with van der Waals surface area (Å²) < 4.78 is 0. The van der Waals surface area contributed by atoms with E-state index in [1.54, 1.807) is 4.90 Å². The van der Waals surface area contributed by atoms with Crippen molar-refractivity contribution in [3.8, 4) is 0 Å². The molecule has 1 saturated carbocycles. The minimum atomic E-state index is -0.279. The van der Waals surface area contributed by atoms with Gasteiger partial charge in [0.05, 0.1) is 5.41 Å². The highest BCUT2D eigenvalue weighted by atomic mass is 16.2. The molecule has 130 valence electrons. The molecule has 5 heteroatoms. The number of benzene rings is 1. The molecule has 2 aliphatic rings. The Kier molecular flexibility index (Phi) is 4.78. The zero-order valence-corrected chi connectivity index (χ0v) is 15.0. The van der Waals surface area contributed by atoms with Crippen LogP contribution in [0.4, 0.5) is 5.69 Å². The van der Waals surface area contributed by atoms with Crippen molar-refractivity contribution >= 4 is 17.6 Å². The molecule has 1 fully saturated rings. The molecule has 1 aliphatic heterocycles. The van der Waals surface area contributed by atoms with Crippen molar-refractivity contribution in [2.75, 3.05) is 39.1 Å². The maximum absolute atomic E-state index is 12.7. The molecular weight excluding hydrogens is 300 g/mol. The van der Waals surface area contributed by atoms with E-state index >= 15 is 0 Å². The first kappa shape index (κ1) is 16.8. The highest BCUT2D eigenvalue weighted by Gasteiger charge is 2.42. The third-order valence-electron chi connectivity index (χ3n) is 5.36. The van der Waals surface area contributed by atoms with Crippen LogP contribution in [0.1, 0.15) is 31.2 Å². The van der Waals surface area contributed by atoms with Crippen molar-refractivity contribution in [3.63, 3.8) is 0 Å². The summed E-state index contributed by atoms with van der Waals surface area (Å²) in [7, 11) is 5.53. The van der Waals surface area contributed by atoms with Crippen molar-refractivity contribution in [2.24, 2.45) is 10.4 Å². The van der Waals surface area contributed by atoms with E-state index in [9.17, 15) is 4.79 Å². The van der Waals surface area contributed by atoms with Gasteiger partial charge in [-0.05, 0) is 30.9 Å². The summed E-state index contributed by atoms with van der Waals surface area (Å²) >= 11 is 0. The van der Waals surface area contributed by atoms with Crippen LogP contribution in [-0.2, 0) is 11.2 Å². The molecular formula is C19H28N4O. The fourth-order valence-electron chi connectivity index (χ4n) is 4.09. The monoisotopic (exact) mass is 328 g/mol. The largest absolute Gasteiger partial charge is 0.355 e. The van der Waals surface area contributed by atoms with Crippen molar-refractivity contribution in [2.45, 2.75) is 32.1 Å². The second-order valence-corrected chi connectivity index (χ2v) is 7.12. The van der Waals surface area contributed by atoms with Crippen molar-refractivity contribution in [1.29, 1.82) is 0 Å². The molecule has 0 saturated heterocycles. The molecule has 1 aromatic carbocycles. The highest BCUT2D eigenvalue weighted by molar-refractivity contribution is 5.98. The lowest BCUT2D eigenvalue weighted by molar-refractivity contribution is -0.138. The molecule has 24 heavy (non-hydrogen) atoms. The molecule has 5 nitrogen and oxygen atoms in total. The number of nitrogens with zero attached hydrogens (tertiary/aromatic N) is 3. The summed E-state index contributed by atoms with van der Waals surface area (Å²) in [5.41, 5.74) is 2.31. The molecule has 0 bridgehead atoms. The Morgan fingerprint density at radius 1 is 1.29 bits per heavy atom. The summed E-state index contributed by atoms with van der Waals surface area (Å²) in [6.07, 6.45) is 5.23. The van der Waals surface area contributed by atoms with Gasteiger partial charge in [-0.1, -0.05) is 31.0 Å². The third kappa shape index (κ3) is 2.99. The van der Waals surface area contributed by atoms with Crippen LogP contribution in [0, 0.1) is 5.41 Å². The van der Waals surface area contributed by atoms with Crippen molar-refractivity contribution in [1.82, 2.24) is 10.2 Å². The molecule has 0 radical (unpaired) electrons. The van der Waals surface area contributed by atoms with Gasteiger partial charge in [0, 0.05) is 39.9 Å². The number of rotatable bonds is 3. The third-order valence-corrected chi connectivity index (χ3v) is 5.36. The number of guanidine groups is 1. The average Bonchev–Trinajstić information content (AvgIpc) is 3.23. The SMILES string of the molecule is CN=C(NCC1(C(=O)N(C)C)CCCC1)N1CCc2ccccc21. The van der Waals surface area contributed by atoms with Gasteiger partial charge in [0.25, 0.3) is 0 Å². The number of carbonyl (C=O) groups is 1. The van der Waals surface area contributed by atoms with Gasteiger partial charge in [-0.3, -0.25) is 9.79 Å². The van der Waals surface area contributed by atoms with Gasteiger partial charge in [-0.25, -0.2) is 0 Å². The molecule has 3 rings (SSSR count). The van der Waals surface area contributed by atoms with E-state index in [0.29, 0.717) is 6.54 Å². The zero-order chi connectivity index (χ0) is 17.2. The number of nitrogens with one attached hydrogen (secondary N) is 1. The van der Waals surface area contributed by atoms with E-state index in [-0.39, 0.29) is 11.3 Å². The van der Waals surface area contributed by atoms with Crippen molar-refractivity contribution in [3.05, 3.63) is 29.8 Å². The number of hydrogen-bond donors (Lipinski definition) is 1. The summed E-state index contributed by atoms with van der Waals surface area (Å²) in [4.78, 5) is 21.2. The molecule has 1 aromatic rings. The van der Waals surface area contributed by atoms with Gasteiger partial charge < -0.3 is 15.1 Å². The van der Waals surface area contributed by atoms with Crippen LogP contribution in [0.15, 0.2) is 29.3 Å². The minimum Gasteiger partial charge on any atom is -0.355 e. The van der Waals surface area contributed by atoms with Gasteiger partial charge in [-0.2, -0.15) is 0 Å². The number of carbonyl (C=O) groups excluding carboxylic acids is 1. The Hall–Kier alpha value is -2.04. The van der Waals surface area contributed by atoms with Gasteiger partial charge in [-0.15, -0.1) is 0 Å². The van der Waals surface area contributed by atoms with Crippen LogP contribution in [-0.4, -0.2) is 51.0 Å². The number of para-hydroxylation sites is 1. The van der Waals surface area contributed by atoms with Crippen LogP contribution >= 0.6 is 0 Å². The lowest BCUT2D eigenvalue weighted by atomic mass is 9.84. The molecule has 1 amide bonds. The average molecular weight is 328 g/mol. The van der Waals surface area contributed by atoms with Crippen LogP contribution in [0.25, 0.3) is 0 Å². The number of hydrogen-bond acceptors (Lipinski definition) is 2. The number of fused-ring (bicyclic) bond motifs is 1. The second kappa shape index (κ2) is 6.83. The van der Waals surface area contributed by atoms with Gasteiger partial charge in [0.2, 0.25) is 5.91 Å². The summed E-state index contributed by atoms with van der Waals surface area (Å²) in [5.74, 6) is 1.11. The number of anilines is 1. The molecule has 0 aromatic heterocycles. The van der Waals surface area contributed by atoms with E-state index in [0.717, 1.165) is 44.6 Å². The van der Waals surface area contributed by atoms with Gasteiger partial charge in [0.15, 0.2) is 5.96 Å². The fourth-order valence-corrected chi connectivity index (χ4v) is 4.09. The molecule has 0 spiro atoms. The highest BCUT2D eigenvalue weighted by Crippen LogP contribution is 2.39. The standard InChI is InChI=1S/C19H28N4O/c1-20-18(23-13-10-15-8-4-5-9-16(15)23)21-14-19(11-6-7-12-19)17(24)22(2)3/h4-5,8-9H,6-7,10-14H2,1-3H3,(H,20,21). The predicted octanol–water partition coefficient (Wildman–Crippen LogP) is 2.27. The van der Waals surface area contributed by atoms with Gasteiger partial charge >= 0.3 is 0 Å². The van der Waals surface area contributed by atoms with E-state index in [1.165, 1.54) is 11.3 Å². The fraction of sp³-hybridized carbons (Fsp3) is 0.579. The van der Waals surface area contributed by atoms with Crippen molar-refractivity contribution < 1.29 is 4.79 Å². The Labute approximate surface area is 144 Å². The predicted molar refractivity (Wildman–Crippen MR) is 98.4 cm³/mol. The normalized spacial score (nSPS) is 19.3. The van der Waals surface area contributed by atoms with Crippen LogP contribution < -0.4 is 10.2 Å². The van der Waals surface area contributed by atoms with Crippen LogP contribution in [0.5, 0.6) is 0 Å². The zero-order valence-electron chi connectivity index (χ0n) is 15.0.